The first kappa shape index (κ1) is 31.7. The number of fused-ring (bicyclic) bond motifs is 3. The molecule has 1 N–H and O–H groups in total. The van der Waals surface area contributed by atoms with Crippen LogP contribution in [0.25, 0.3) is 10.8 Å². The predicted octanol–water partition coefficient (Wildman–Crippen LogP) is 5.59. The van der Waals surface area contributed by atoms with E-state index in [0.717, 1.165) is 36.8 Å². The number of aromatic amines is 1. The molecular formula is C38H38FN3O6. The maximum Gasteiger partial charge on any atom is 0.334 e. The van der Waals surface area contributed by atoms with E-state index < -0.39 is 11.7 Å². The van der Waals surface area contributed by atoms with Gasteiger partial charge in [-0.2, -0.15) is 5.10 Å². The van der Waals surface area contributed by atoms with Gasteiger partial charge < -0.3 is 14.4 Å². The molecule has 3 aromatic rings. The molecule has 3 heterocycles. The van der Waals surface area contributed by atoms with Crippen LogP contribution in [-0.4, -0.2) is 58.7 Å². The van der Waals surface area contributed by atoms with Crippen molar-refractivity contribution in [3.8, 4) is 0 Å². The van der Waals surface area contributed by atoms with Crippen molar-refractivity contribution in [2.24, 2.45) is 17.3 Å². The molecule has 248 valence electrons. The highest BCUT2D eigenvalue weighted by atomic mass is 19.1. The third-order valence-corrected chi connectivity index (χ3v) is 10.5. The standard InChI is InChI=1S/C38H38FN3O6/c1-22-28-18-30-25(8-5-13-38(30,2)19-33(28)48-37(22)46)21-47-34(43)17-24-7-6-14-42(20-24)36(45)29-15-23(11-12-31(29)39)16-32-26-9-3-4-10-27(26)35(44)41-40-32/h3-4,8-12,15,18,24,28,33H,1,5-7,13-14,16-17,19-21H2,2H3,(H,41,44)/t24?,28?,33?,38-/m1/s1. The number of carbonyl (C=O) groups excluding carboxylic acids is 3. The van der Waals surface area contributed by atoms with Gasteiger partial charge in [0.25, 0.3) is 11.5 Å². The van der Waals surface area contributed by atoms with E-state index in [2.05, 4.69) is 35.9 Å². The van der Waals surface area contributed by atoms with E-state index in [4.69, 9.17) is 9.47 Å². The third kappa shape index (κ3) is 6.00. The topological polar surface area (TPSA) is 119 Å². The first-order valence-corrected chi connectivity index (χ1v) is 16.6. The summed E-state index contributed by atoms with van der Waals surface area (Å²) in [5.41, 5.74) is 3.37. The Kier molecular flexibility index (Phi) is 8.35. The number of amides is 1. The number of allylic oxidation sites excluding steroid dienone is 1. The van der Waals surface area contributed by atoms with Gasteiger partial charge in [0, 0.05) is 36.4 Å². The minimum absolute atomic E-state index is 0.0308. The summed E-state index contributed by atoms with van der Waals surface area (Å²) in [6.07, 6.45) is 8.42. The molecule has 48 heavy (non-hydrogen) atoms. The molecule has 2 saturated heterocycles. The normalized spacial score (nSPS) is 25.1. The first-order valence-electron chi connectivity index (χ1n) is 16.6. The molecular weight excluding hydrogens is 613 g/mol. The Hall–Kier alpha value is -4.86. The lowest BCUT2D eigenvalue weighted by molar-refractivity contribution is -0.144. The van der Waals surface area contributed by atoms with E-state index in [9.17, 15) is 19.2 Å². The fourth-order valence-electron chi connectivity index (χ4n) is 7.89. The Labute approximate surface area is 277 Å². The van der Waals surface area contributed by atoms with E-state index in [1.165, 1.54) is 6.07 Å². The fourth-order valence-corrected chi connectivity index (χ4v) is 7.89. The molecule has 0 saturated carbocycles. The SMILES string of the molecule is C=C1C(=O)OC2C[C@@]3(C)CCC=C(COC(=O)CC4CCCN(C(=O)c5cc(Cc6n[nH]c(=O)c7ccccc67)ccc5F)C4)C3=CC12. The van der Waals surface area contributed by atoms with Crippen molar-refractivity contribution in [3.63, 3.8) is 0 Å². The molecule has 4 aliphatic rings. The third-order valence-electron chi connectivity index (χ3n) is 10.5. The Morgan fingerprint density at radius 1 is 1.19 bits per heavy atom. The Bertz CT molecular complexity index is 1960. The van der Waals surface area contributed by atoms with Gasteiger partial charge in [0.15, 0.2) is 0 Å². The van der Waals surface area contributed by atoms with Crippen molar-refractivity contribution in [2.75, 3.05) is 19.7 Å². The lowest BCUT2D eigenvalue weighted by Gasteiger charge is -2.42. The highest BCUT2D eigenvalue weighted by molar-refractivity contribution is 5.95. The second kappa shape index (κ2) is 12.6. The second-order valence-corrected chi connectivity index (χ2v) is 13.8. The van der Waals surface area contributed by atoms with E-state index in [-0.39, 0.29) is 59.4 Å². The molecule has 3 unspecified atom stereocenters. The van der Waals surface area contributed by atoms with Crippen molar-refractivity contribution >= 4 is 28.6 Å². The molecule has 0 spiro atoms. The minimum atomic E-state index is -0.613. The van der Waals surface area contributed by atoms with Crippen LogP contribution in [0.3, 0.4) is 0 Å². The lowest BCUT2D eigenvalue weighted by Crippen LogP contribution is -2.41. The summed E-state index contributed by atoms with van der Waals surface area (Å²) >= 11 is 0. The van der Waals surface area contributed by atoms with Gasteiger partial charge in [-0.05, 0) is 78.3 Å². The van der Waals surface area contributed by atoms with Gasteiger partial charge in [-0.3, -0.25) is 14.4 Å². The highest BCUT2D eigenvalue weighted by Gasteiger charge is 2.48. The lowest BCUT2D eigenvalue weighted by atomic mass is 9.63. The Morgan fingerprint density at radius 3 is 2.83 bits per heavy atom. The van der Waals surface area contributed by atoms with Gasteiger partial charge in [-0.15, -0.1) is 0 Å². The summed E-state index contributed by atoms with van der Waals surface area (Å²) < 4.78 is 26.4. The average molecular weight is 652 g/mol. The van der Waals surface area contributed by atoms with Crippen LogP contribution in [0.2, 0.25) is 0 Å². The van der Waals surface area contributed by atoms with Gasteiger partial charge in [0.05, 0.1) is 23.1 Å². The summed E-state index contributed by atoms with van der Waals surface area (Å²) in [6.45, 7) is 7.05. The van der Waals surface area contributed by atoms with Crippen LogP contribution < -0.4 is 5.56 Å². The number of piperidine rings is 1. The van der Waals surface area contributed by atoms with Crippen LogP contribution in [-0.2, 0) is 25.5 Å². The molecule has 4 atom stereocenters. The largest absolute Gasteiger partial charge is 0.461 e. The molecule has 0 bridgehead atoms. The first-order chi connectivity index (χ1) is 23.1. The van der Waals surface area contributed by atoms with E-state index in [1.807, 2.05) is 12.1 Å². The number of esters is 2. The van der Waals surface area contributed by atoms with Crippen molar-refractivity contribution in [1.29, 1.82) is 0 Å². The van der Waals surface area contributed by atoms with Crippen LogP contribution in [0.1, 0.15) is 67.1 Å². The summed E-state index contributed by atoms with van der Waals surface area (Å²) in [5, 5.41) is 7.95. The number of hydrogen-bond donors (Lipinski definition) is 1. The van der Waals surface area contributed by atoms with Crippen molar-refractivity contribution < 1.29 is 28.2 Å². The minimum Gasteiger partial charge on any atom is -0.461 e. The monoisotopic (exact) mass is 651 g/mol. The molecule has 1 amide bonds. The van der Waals surface area contributed by atoms with E-state index in [0.29, 0.717) is 53.5 Å². The summed E-state index contributed by atoms with van der Waals surface area (Å²) in [6, 6.07) is 11.6. The fraction of sp³-hybridized carbons (Fsp3) is 0.395. The van der Waals surface area contributed by atoms with Crippen LogP contribution in [0.5, 0.6) is 0 Å². The summed E-state index contributed by atoms with van der Waals surface area (Å²) in [4.78, 5) is 52.6. The zero-order chi connectivity index (χ0) is 33.6. The van der Waals surface area contributed by atoms with Crippen LogP contribution in [0.4, 0.5) is 4.39 Å². The molecule has 1 aromatic heterocycles. The van der Waals surface area contributed by atoms with Crippen molar-refractivity contribution in [1.82, 2.24) is 15.1 Å². The quantitative estimate of drug-likeness (QED) is 0.261. The predicted molar refractivity (Wildman–Crippen MR) is 176 cm³/mol. The van der Waals surface area contributed by atoms with Gasteiger partial charge >= 0.3 is 11.9 Å². The number of likely N-dealkylation sites (tertiary alicyclic amines) is 1. The number of rotatable bonds is 7. The number of nitrogens with zero attached hydrogens (tertiary/aromatic N) is 2. The number of carbonyl (C=O) groups is 3. The molecule has 7 rings (SSSR count). The maximum atomic E-state index is 15.0. The zero-order valence-corrected chi connectivity index (χ0v) is 26.9. The molecule has 2 fully saturated rings. The number of benzene rings is 2. The second-order valence-electron chi connectivity index (χ2n) is 13.8. The molecule has 10 heteroatoms. The van der Waals surface area contributed by atoms with Crippen molar-refractivity contribution in [2.45, 2.75) is 58.0 Å². The van der Waals surface area contributed by atoms with Gasteiger partial charge in [-0.25, -0.2) is 14.3 Å². The number of aromatic nitrogens is 2. The highest BCUT2D eigenvalue weighted by Crippen LogP contribution is 2.52. The van der Waals surface area contributed by atoms with E-state index in [1.54, 1.807) is 29.2 Å². The zero-order valence-electron chi connectivity index (χ0n) is 26.9. The Balaban J connectivity index is 0.985. The number of H-pyrrole nitrogens is 1. The molecule has 2 aromatic carbocycles. The van der Waals surface area contributed by atoms with Crippen molar-refractivity contribution in [3.05, 3.63) is 111 Å². The van der Waals surface area contributed by atoms with Crippen LogP contribution in [0.15, 0.2) is 82.7 Å². The average Bonchev–Trinajstić information content (AvgIpc) is 3.35. The number of halogens is 1. The van der Waals surface area contributed by atoms with Crippen LogP contribution in [0, 0.1) is 23.1 Å². The summed E-state index contributed by atoms with van der Waals surface area (Å²) in [5.74, 6) is -1.98. The van der Waals surface area contributed by atoms with Gasteiger partial charge in [-0.1, -0.05) is 49.9 Å². The maximum absolute atomic E-state index is 15.0. The number of hydrogen-bond acceptors (Lipinski definition) is 7. The Morgan fingerprint density at radius 2 is 2.00 bits per heavy atom. The smallest absolute Gasteiger partial charge is 0.334 e. The number of nitrogens with one attached hydrogen (secondary N) is 1. The van der Waals surface area contributed by atoms with Gasteiger partial charge in [0.1, 0.15) is 18.5 Å². The molecule has 9 nitrogen and oxygen atoms in total. The molecule has 2 aliphatic carbocycles. The summed E-state index contributed by atoms with van der Waals surface area (Å²) in [7, 11) is 0. The van der Waals surface area contributed by atoms with E-state index >= 15 is 4.39 Å². The number of ether oxygens (including phenoxy) is 2. The molecule has 2 aliphatic heterocycles. The van der Waals surface area contributed by atoms with Crippen LogP contribution >= 0.6 is 0 Å². The molecule has 0 radical (unpaired) electrons. The van der Waals surface area contributed by atoms with Gasteiger partial charge in [0.2, 0.25) is 0 Å².